The summed E-state index contributed by atoms with van der Waals surface area (Å²) >= 11 is 1.57. The predicted molar refractivity (Wildman–Crippen MR) is 61.5 cm³/mol. The van der Waals surface area contributed by atoms with Gasteiger partial charge >= 0.3 is 0 Å². The molecule has 0 spiro atoms. The van der Waals surface area contributed by atoms with Gasteiger partial charge in [0, 0.05) is 14.3 Å². The third kappa shape index (κ3) is 2.92. The monoisotopic (exact) mass is 383 g/mol. The molecule has 9 heteroatoms. The number of pyridine rings is 1. The zero-order valence-corrected chi connectivity index (χ0v) is 11.5. The van der Waals surface area contributed by atoms with E-state index in [1.165, 1.54) is 0 Å². The van der Waals surface area contributed by atoms with E-state index in [4.69, 9.17) is 10.7 Å². The van der Waals surface area contributed by atoms with Crippen molar-refractivity contribution in [3.8, 4) is 5.88 Å². The van der Waals surface area contributed by atoms with Crippen molar-refractivity contribution in [2.75, 3.05) is 7.11 Å². The van der Waals surface area contributed by atoms with Crippen molar-refractivity contribution >= 4 is 42.3 Å². The van der Waals surface area contributed by atoms with Crippen LogP contribution in [0.5, 0.6) is 5.88 Å². The van der Waals surface area contributed by atoms with Gasteiger partial charge in [0.1, 0.15) is 0 Å². The van der Waals surface area contributed by atoms with Crippen LogP contribution < -0.4 is 4.74 Å². The van der Waals surface area contributed by atoms with Crippen molar-refractivity contribution < 1.29 is 21.9 Å². The predicted octanol–water partition coefficient (Wildman–Crippen LogP) is 2.56. The van der Waals surface area contributed by atoms with Gasteiger partial charge in [0.05, 0.1) is 12.7 Å². The molecule has 0 N–H and O–H groups in total. The molecule has 0 bridgehead atoms. The first-order valence-electron chi connectivity index (χ1n) is 3.74. The molecule has 1 heterocycles. The fraction of sp³-hybridized carbons (Fsp3) is 0.286. The van der Waals surface area contributed by atoms with Gasteiger partial charge in [0.2, 0.25) is 5.88 Å². The molecule has 0 saturated carbocycles. The largest absolute Gasteiger partial charge is 0.481 e. The Bertz CT molecular complexity index is 509. The summed E-state index contributed by atoms with van der Waals surface area (Å²) in [4.78, 5) is 3.42. The van der Waals surface area contributed by atoms with E-state index in [2.05, 4.69) is 9.72 Å². The molecule has 1 aromatic rings. The Hall–Kier alpha value is -0.220. The molecule has 1 rings (SSSR count). The van der Waals surface area contributed by atoms with Gasteiger partial charge in [-0.25, -0.2) is 17.2 Å². The summed E-state index contributed by atoms with van der Waals surface area (Å²) in [6.45, 7) is 0. The van der Waals surface area contributed by atoms with Crippen LogP contribution in [0.3, 0.4) is 0 Å². The van der Waals surface area contributed by atoms with Crippen LogP contribution in [0.4, 0.5) is 8.78 Å². The highest BCUT2D eigenvalue weighted by atomic mass is 127. The van der Waals surface area contributed by atoms with Crippen LogP contribution in [0.25, 0.3) is 0 Å². The minimum absolute atomic E-state index is 0.0266. The molecule has 0 saturated heterocycles. The average Bonchev–Trinajstić information content (AvgIpc) is 2.14. The fourth-order valence-electron chi connectivity index (χ4n) is 0.959. The molecule has 0 aliphatic heterocycles. The summed E-state index contributed by atoms with van der Waals surface area (Å²) in [7, 11) is 2.11. The van der Waals surface area contributed by atoms with Crippen LogP contribution in [-0.2, 0) is 9.05 Å². The summed E-state index contributed by atoms with van der Waals surface area (Å²) in [5.41, 5.74) is -0.452. The van der Waals surface area contributed by atoms with Crippen LogP contribution in [0.2, 0.25) is 0 Å². The molecule has 16 heavy (non-hydrogen) atoms. The number of ether oxygens (including phenoxy) is 1. The zero-order valence-electron chi connectivity index (χ0n) is 7.75. The van der Waals surface area contributed by atoms with Gasteiger partial charge in [0.25, 0.3) is 15.5 Å². The van der Waals surface area contributed by atoms with Crippen molar-refractivity contribution in [1.82, 2.24) is 4.98 Å². The first-order valence-corrected chi connectivity index (χ1v) is 7.13. The quantitative estimate of drug-likeness (QED) is 0.595. The maximum atomic E-state index is 12.6. The lowest BCUT2D eigenvalue weighted by Crippen LogP contribution is -2.04. The van der Waals surface area contributed by atoms with Crippen molar-refractivity contribution in [2.24, 2.45) is 0 Å². The van der Waals surface area contributed by atoms with Crippen molar-refractivity contribution in [3.63, 3.8) is 0 Å². The highest BCUT2D eigenvalue weighted by Gasteiger charge is 2.24. The highest BCUT2D eigenvalue weighted by molar-refractivity contribution is 14.1. The summed E-state index contributed by atoms with van der Waals surface area (Å²) in [5, 5.41) is -0.514. The maximum Gasteiger partial charge on any atom is 0.278 e. The SMILES string of the molecule is COc1nc(S(=O)(=O)Cl)cc(I)c1C(F)F. The Morgan fingerprint density at radius 2 is 2.12 bits per heavy atom. The Labute approximate surface area is 109 Å². The van der Waals surface area contributed by atoms with Gasteiger partial charge in [-0.1, -0.05) is 0 Å². The minimum Gasteiger partial charge on any atom is -0.481 e. The lowest BCUT2D eigenvalue weighted by Gasteiger charge is -2.09. The number of methoxy groups -OCH3 is 1. The maximum absolute atomic E-state index is 12.6. The summed E-state index contributed by atoms with van der Waals surface area (Å²) in [6.07, 6.45) is -2.80. The zero-order chi connectivity index (χ0) is 12.5. The average molecular weight is 384 g/mol. The van der Waals surface area contributed by atoms with Crippen LogP contribution in [0, 0.1) is 3.57 Å². The Morgan fingerprint density at radius 1 is 1.56 bits per heavy atom. The van der Waals surface area contributed by atoms with Gasteiger partial charge in [-0.15, -0.1) is 0 Å². The fourth-order valence-corrected chi connectivity index (χ4v) is 2.62. The van der Waals surface area contributed by atoms with Crippen LogP contribution in [0.1, 0.15) is 12.0 Å². The number of nitrogens with zero attached hydrogens (tertiary/aromatic N) is 1. The smallest absolute Gasteiger partial charge is 0.278 e. The van der Waals surface area contributed by atoms with Crippen molar-refractivity contribution in [2.45, 2.75) is 11.5 Å². The molecular formula is C7H5ClF2INO3S. The third-order valence-corrected chi connectivity index (χ3v) is 3.69. The molecule has 1 aromatic heterocycles. The molecule has 0 aliphatic rings. The molecule has 0 fully saturated rings. The number of rotatable bonds is 3. The normalized spacial score (nSPS) is 11.9. The molecule has 0 radical (unpaired) electrons. The Balaban J connectivity index is 3.50. The summed E-state index contributed by atoms with van der Waals surface area (Å²) < 4.78 is 51.8. The molecule has 0 aliphatic carbocycles. The highest BCUT2D eigenvalue weighted by Crippen LogP contribution is 2.33. The van der Waals surface area contributed by atoms with Crippen molar-refractivity contribution in [1.29, 1.82) is 0 Å². The Morgan fingerprint density at radius 3 is 2.50 bits per heavy atom. The topological polar surface area (TPSA) is 56.3 Å². The van der Waals surface area contributed by atoms with E-state index >= 15 is 0 Å². The number of alkyl halides is 2. The summed E-state index contributed by atoms with van der Waals surface area (Å²) in [6, 6.07) is 0.965. The number of hydrogen-bond donors (Lipinski definition) is 0. The summed E-state index contributed by atoms with van der Waals surface area (Å²) in [5.74, 6) is -0.443. The van der Waals surface area contributed by atoms with Gasteiger partial charge in [-0.05, 0) is 28.7 Å². The molecule has 90 valence electrons. The molecule has 0 atom stereocenters. The van der Waals surface area contributed by atoms with E-state index in [-0.39, 0.29) is 3.57 Å². The number of halogens is 4. The van der Waals surface area contributed by atoms with Crippen LogP contribution in [-0.4, -0.2) is 20.5 Å². The number of hydrogen-bond acceptors (Lipinski definition) is 4. The lowest BCUT2D eigenvalue weighted by atomic mass is 10.3. The van der Waals surface area contributed by atoms with E-state index in [0.717, 1.165) is 13.2 Å². The second-order valence-electron chi connectivity index (χ2n) is 2.60. The molecule has 0 unspecified atom stereocenters. The van der Waals surface area contributed by atoms with E-state index < -0.39 is 31.9 Å². The second-order valence-corrected chi connectivity index (χ2v) is 6.28. The second kappa shape index (κ2) is 4.96. The van der Waals surface area contributed by atoms with Crippen LogP contribution >= 0.6 is 33.3 Å². The third-order valence-electron chi connectivity index (χ3n) is 1.61. The molecular weight excluding hydrogens is 379 g/mol. The van der Waals surface area contributed by atoms with E-state index in [0.29, 0.717) is 0 Å². The molecule has 0 amide bonds. The van der Waals surface area contributed by atoms with Crippen LogP contribution in [0.15, 0.2) is 11.1 Å². The minimum atomic E-state index is -4.07. The first-order chi connectivity index (χ1) is 7.27. The van der Waals surface area contributed by atoms with Gasteiger partial charge in [0.15, 0.2) is 5.03 Å². The molecule has 4 nitrogen and oxygen atoms in total. The van der Waals surface area contributed by atoms with Crippen molar-refractivity contribution in [3.05, 3.63) is 15.2 Å². The van der Waals surface area contributed by atoms with E-state index in [9.17, 15) is 17.2 Å². The van der Waals surface area contributed by atoms with Gasteiger partial charge < -0.3 is 4.74 Å². The van der Waals surface area contributed by atoms with E-state index in [1.54, 1.807) is 22.6 Å². The first kappa shape index (κ1) is 13.8. The lowest BCUT2D eigenvalue weighted by molar-refractivity contribution is 0.144. The van der Waals surface area contributed by atoms with E-state index in [1.807, 2.05) is 0 Å². The van der Waals surface area contributed by atoms with Gasteiger partial charge in [-0.2, -0.15) is 4.98 Å². The van der Waals surface area contributed by atoms with Gasteiger partial charge in [-0.3, -0.25) is 0 Å². The Kier molecular flexibility index (Phi) is 4.29. The standard InChI is InChI=1S/C7H5ClF2INO3S/c1-15-7-5(6(9)10)3(11)2-4(12-7)16(8,13)14/h2,6H,1H3. The molecule has 0 aromatic carbocycles. The number of aromatic nitrogens is 1.